The van der Waals surface area contributed by atoms with Gasteiger partial charge in [0.2, 0.25) is 0 Å². The van der Waals surface area contributed by atoms with Crippen LogP contribution in [0.1, 0.15) is 67.2 Å². The molecule has 1 atom stereocenters. The molecule has 0 bridgehead atoms. The zero-order valence-electron chi connectivity index (χ0n) is 17.3. The molecule has 25 heavy (non-hydrogen) atoms. The van der Waals surface area contributed by atoms with Crippen LogP contribution < -0.4 is 0 Å². The highest BCUT2D eigenvalue weighted by molar-refractivity contribution is 5.69. The number of rotatable bonds is 15. The molecule has 0 heterocycles. The number of hydrogen-bond acceptors (Lipinski definition) is 5. The molecule has 0 rings (SSSR count). The number of hydrogen-bond donors (Lipinski definition) is 0. The van der Waals surface area contributed by atoms with Crippen LogP contribution in [-0.2, 0) is 23.7 Å². The first-order chi connectivity index (χ1) is 11.7. The van der Waals surface area contributed by atoms with Gasteiger partial charge in [0.05, 0.1) is 39.1 Å². The molecule has 0 saturated heterocycles. The largest absolute Gasteiger partial charge is 0.466 e. The van der Waals surface area contributed by atoms with Crippen LogP contribution in [0.5, 0.6) is 0 Å². The molecular weight excluding hydrogens is 320 g/mol. The standard InChI is InChI=1S/C20H40O5/c1-17(2)24-15-14-23-13-12-22-10-7-8-19(21)25-11-9-18(3)16-20(4,5)6/h17-18H,7-16H2,1-6H3. The van der Waals surface area contributed by atoms with E-state index in [1.807, 2.05) is 13.8 Å². The van der Waals surface area contributed by atoms with Gasteiger partial charge in [0, 0.05) is 13.0 Å². The van der Waals surface area contributed by atoms with E-state index in [4.69, 9.17) is 18.9 Å². The first kappa shape index (κ1) is 24.4. The highest BCUT2D eigenvalue weighted by atomic mass is 16.5. The van der Waals surface area contributed by atoms with Gasteiger partial charge in [-0.2, -0.15) is 0 Å². The topological polar surface area (TPSA) is 54.0 Å². The number of esters is 1. The normalized spacial score (nSPS) is 13.2. The quantitative estimate of drug-likeness (QED) is 0.323. The Bertz CT molecular complexity index is 323. The van der Waals surface area contributed by atoms with Crippen LogP contribution in [0.3, 0.4) is 0 Å². The summed E-state index contributed by atoms with van der Waals surface area (Å²) >= 11 is 0. The SMILES string of the molecule is CC(CCOC(=O)CCCOCCOCCOC(C)C)CC(C)(C)C. The van der Waals surface area contributed by atoms with E-state index in [-0.39, 0.29) is 12.1 Å². The van der Waals surface area contributed by atoms with Crippen LogP contribution in [0.15, 0.2) is 0 Å². The third-order valence-electron chi connectivity index (χ3n) is 3.55. The van der Waals surface area contributed by atoms with Crippen molar-refractivity contribution in [3.05, 3.63) is 0 Å². The second kappa shape index (κ2) is 14.5. The summed E-state index contributed by atoms with van der Waals surface area (Å²) in [6.07, 6.45) is 3.41. The average molecular weight is 361 g/mol. The molecule has 150 valence electrons. The van der Waals surface area contributed by atoms with Crippen molar-refractivity contribution in [1.29, 1.82) is 0 Å². The van der Waals surface area contributed by atoms with Gasteiger partial charge in [-0.3, -0.25) is 4.79 Å². The van der Waals surface area contributed by atoms with E-state index in [1.165, 1.54) is 0 Å². The molecule has 0 N–H and O–H groups in total. The van der Waals surface area contributed by atoms with Crippen molar-refractivity contribution in [2.45, 2.75) is 73.3 Å². The van der Waals surface area contributed by atoms with Gasteiger partial charge in [0.15, 0.2) is 0 Å². The van der Waals surface area contributed by atoms with Crippen molar-refractivity contribution >= 4 is 5.97 Å². The van der Waals surface area contributed by atoms with Gasteiger partial charge in [-0.15, -0.1) is 0 Å². The van der Waals surface area contributed by atoms with Gasteiger partial charge in [-0.1, -0.05) is 27.7 Å². The minimum atomic E-state index is -0.131. The van der Waals surface area contributed by atoms with Crippen molar-refractivity contribution in [3.8, 4) is 0 Å². The monoisotopic (exact) mass is 360 g/mol. The summed E-state index contributed by atoms with van der Waals surface area (Å²) in [5, 5.41) is 0. The van der Waals surface area contributed by atoms with Crippen LogP contribution in [-0.4, -0.2) is 51.7 Å². The molecule has 0 fully saturated rings. The van der Waals surface area contributed by atoms with E-state index >= 15 is 0 Å². The second-order valence-electron chi connectivity index (χ2n) is 8.13. The number of ether oxygens (including phenoxy) is 4. The Kier molecular flexibility index (Phi) is 14.1. The first-order valence-corrected chi connectivity index (χ1v) is 9.63. The molecule has 1 unspecified atom stereocenters. The first-order valence-electron chi connectivity index (χ1n) is 9.63. The van der Waals surface area contributed by atoms with Crippen LogP contribution in [0, 0.1) is 11.3 Å². The summed E-state index contributed by atoms with van der Waals surface area (Å²) in [6.45, 7) is 16.3. The Balaban J connectivity index is 3.36. The molecule has 5 heteroatoms. The van der Waals surface area contributed by atoms with Crippen LogP contribution >= 0.6 is 0 Å². The molecule has 0 aliphatic rings. The van der Waals surface area contributed by atoms with Crippen molar-refractivity contribution in [2.75, 3.05) is 39.6 Å². The maximum Gasteiger partial charge on any atom is 0.305 e. The van der Waals surface area contributed by atoms with E-state index in [0.29, 0.717) is 63.8 Å². The van der Waals surface area contributed by atoms with E-state index < -0.39 is 0 Å². The summed E-state index contributed by atoms with van der Waals surface area (Å²) in [5.74, 6) is 0.440. The lowest BCUT2D eigenvalue weighted by atomic mass is 9.84. The highest BCUT2D eigenvalue weighted by Crippen LogP contribution is 2.25. The second-order valence-corrected chi connectivity index (χ2v) is 8.13. The lowest BCUT2D eigenvalue weighted by Gasteiger charge is -2.22. The molecule has 0 aromatic rings. The summed E-state index contributed by atoms with van der Waals surface area (Å²) < 4.78 is 21.5. The molecule has 0 aromatic carbocycles. The van der Waals surface area contributed by atoms with Gasteiger partial charge in [0.1, 0.15) is 0 Å². The lowest BCUT2D eigenvalue weighted by Crippen LogP contribution is -2.14. The molecule has 0 amide bonds. The maximum absolute atomic E-state index is 11.7. The van der Waals surface area contributed by atoms with E-state index in [2.05, 4.69) is 27.7 Å². The fraction of sp³-hybridized carbons (Fsp3) is 0.950. The third kappa shape index (κ3) is 19.5. The highest BCUT2D eigenvalue weighted by Gasteiger charge is 2.15. The van der Waals surface area contributed by atoms with Crippen molar-refractivity contribution in [3.63, 3.8) is 0 Å². The Morgan fingerprint density at radius 1 is 0.880 bits per heavy atom. The van der Waals surface area contributed by atoms with Crippen molar-refractivity contribution in [1.82, 2.24) is 0 Å². The summed E-state index contributed by atoms with van der Waals surface area (Å²) in [4.78, 5) is 11.7. The van der Waals surface area contributed by atoms with Crippen molar-refractivity contribution < 1.29 is 23.7 Å². The van der Waals surface area contributed by atoms with Crippen molar-refractivity contribution in [2.24, 2.45) is 11.3 Å². The van der Waals surface area contributed by atoms with E-state index in [0.717, 1.165) is 12.8 Å². The Morgan fingerprint density at radius 3 is 2.08 bits per heavy atom. The smallest absolute Gasteiger partial charge is 0.305 e. The van der Waals surface area contributed by atoms with E-state index in [1.54, 1.807) is 0 Å². The zero-order valence-corrected chi connectivity index (χ0v) is 17.3. The summed E-state index contributed by atoms with van der Waals surface area (Å²) in [5.41, 5.74) is 0.325. The molecule has 5 nitrogen and oxygen atoms in total. The molecule has 0 aliphatic carbocycles. The zero-order chi connectivity index (χ0) is 19.1. The van der Waals surface area contributed by atoms with Gasteiger partial charge >= 0.3 is 5.97 Å². The van der Waals surface area contributed by atoms with Crippen LogP contribution in [0.2, 0.25) is 0 Å². The maximum atomic E-state index is 11.7. The molecule has 0 aromatic heterocycles. The minimum absolute atomic E-state index is 0.131. The third-order valence-corrected chi connectivity index (χ3v) is 3.55. The molecular formula is C20H40O5. The molecule has 0 aliphatic heterocycles. The predicted molar refractivity (Wildman–Crippen MR) is 101 cm³/mol. The fourth-order valence-electron chi connectivity index (χ4n) is 2.58. The van der Waals surface area contributed by atoms with Gasteiger partial charge in [0.25, 0.3) is 0 Å². The Hall–Kier alpha value is -0.650. The lowest BCUT2D eigenvalue weighted by molar-refractivity contribution is -0.144. The van der Waals surface area contributed by atoms with Gasteiger partial charge in [-0.05, 0) is 44.4 Å². The fourth-order valence-corrected chi connectivity index (χ4v) is 2.58. The molecule has 0 spiro atoms. The predicted octanol–water partition coefficient (Wildman–Crippen LogP) is 4.23. The molecule has 0 radical (unpaired) electrons. The van der Waals surface area contributed by atoms with Crippen LogP contribution in [0.4, 0.5) is 0 Å². The summed E-state index contributed by atoms with van der Waals surface area (Å²) in [7, 11) is 0. The average Bonchev–Trinajstić information content (AvgIpc) is 2.47. The molecule has 0 saturated carbocycles. The summed E-state index contributed by atoms with van der Waals surface area (Å²) in [6, 6.07) is 0. The van der Waals surface area contributed by atoms with Crippen LogP contribution in [0.25, 0.3) is 0 Å². The van der Waals surface area contributed by atoms with Gasteiger partial charge in [-0.25, -0.2) is 0 Å². The van der Waals surface area contributed by atoms with E-state index in [9.17, 15) is 4.79 Å². The number of carbonyl (C=O) groups is 1. The van der Waals surface area contributed by atoms with Gasteiger partial charge < -0.3 is 18.9 Å². The Labute approximate surface area is 154 Å². The number of carbonyl (C=O) groups excluding carboxylic acids is 1. The minimum Gasteiger partial charge on any atom is -0.466 e. The Morgan fingerprint density at radius 2 is 1.48 bits per heavy atom.